The second kappa shape index (κ2) is 6.25. The van der Waals surface area contributed by atoms with E-state index in [1.54, 1.807) is 7.11 Å². The van der Waals surface area contributed by atoms with Crippen LogP contribution >= 0.6 is 0 Å². The van der Waals surface area contributed by atoms with Crippen LogP contribution in [0.25, 0.3) is 0 Å². The summed E-state index contributed by atoms with van der Waals surface area (Å²) in [7, 11) is 1.64. The van der Waals surface area contributed by atoms with E-state index in [2.05, 4.69) is 5.32 Å². The third-order valence-electron chi connectivity index (χ3n) is 2.64. The Hall–Kier alpha value is -1.55. The molecule has 0 amide bonds. The summed E-state index contributed by atoms with van der Waals surface area (Å²) in [5.74, 6) is 0.0425. The number of hydrogen-bond acceptors (Lipinski definition) is 3. The van der Waals surface area contributed by atoms with Crippen LogP contribution in [0.4, 0.5) is 0 Å². The number of aliphatic carboxylic acids is 1. The molecule has 17 heavy (non-hydrogen) atoms. The number of methoxy groups -OCH3 is 1. The molecule has 1 unspecified atom stereocenters. The number of nitrogens with one attached hydrogen (secondary N) is 1. The first kappa shape index (κ1) is 13.5. The molecule has 4 heteroatoms. The van der Waals surface area contributed by atoms with Gasteiger partial charge in [0.2, 0.25) is 0 Å². The Balaban J connectivity index is 2.67. The fourth-order valence-corrected chi connectivity index (χ4v) is 1.68. The van der Waals surface area contributed by atoms with Crippen LogP contribution in [0, 0.1) is 6.92 Å². The van der Waals surface area contributed by atoms with Crippen LogP contribution in [-0.2, 0) is 4.79 Å². The zero-order chi connectivity index (χ0) is 12.8. The molecule has 0 radical (unpaired) electrons. The Morgan fingerprint density at radius 3 is 2.82 bits per heavy atom. The van der Waals surface area contributed by atoms with Crippen LogP contribution in [0.15, 0.2) is 18.2 Å². The highest BCUT2D eigenvalue weighted by Gasteiger charge is 2.11. The van der Waals surface area contributed by atoms with Gasteiger partial charge in [-0.3, -0.25) is 4.79 Å². The summed E-state index contributed by atoms with van der Waals surface area (Å²) in [6.45, 7) is 4.46. The minimum Gasteiger partial charge on any atom is -0.496 e. The lowest BCUT2D eigenvalue weighted by Crippen LogP contribution is -2.22. The Morgan fingerprint density at radius 1 is 1.53 bits per heavy atom. The van der Waals surface area contributed by atoms with Crippen molar-refractivity contribution in [1.82, 2.24) is 5.32 Å². The van der Waals surface area contributed by atoms with Crippen LogP contribution in [-0.4, -0.2) is 24.7 Å². The van der Waals surface area contributed by atoms with Gasteiger partial charge in [0, 0.05) is 18.2 Å². The summed E-state index contributed by atoms with van der Waals surface area (Å²) in [6.07, 6.45) is 0.124. The zero-order valence-corrected chi connectivity index (χ0v) is 10.5. The number of carboxylic acids is 1. The predicted molar refractivity (Wildman–Crippen MR) is 66.4 cm³/mol. The van der Waals surface area contributed by atoms with Gasteiger partial charge in [0.05, 0.1) is 13.5 Å². The third kappa shape index (κ3) is 4.07. The average Bonchev–Trinajstić information content (AvgIpc) is 2.28. The van der Waals surface area contributed by atoms with Crippen molar-refractivity contribution < 1.29 is 14.6 Å². The number of carboxylic acid groups (broad SMARTS) is 1. The van der Waals surface area contributed by atoms with Gasteiger partial charge in [-0.1, -0.05) is 12.1 Å². The Morgan fingerprint density at radius 2 is 2.24 bits per heavy atom. The first-order chi connectivity index (χ1) is 8.04. The first-order valence-electron chi connectivity index (χ1n) is 5.64. The van der Waals surface area contributed by atoms with Gasteiger partial charge in [0.1, 0.15) is 5.75 Å². The average molecular weight is 237 g/mol. The number of hydrogen-bond donors (Lipinski definition) is 2. The number of benzene rings is 1. The van der Waals surface area contributed by atoms with Crippen LogP contribution < -0.4 is 10.1 Å². The molecule has 0 saturated carbocycles. The van der Waals surface area contributed by atoms with Crippen molar-refractivity contribution in [3.05, 3.63) is 29.3 Å². The summed E-state index contributed by atoms with van der Waals surface area (Å²) in [4.78, 5) is 10.4. The molecule has 0 heterocycles. The van der Waals surface area contributed by atoms with Crippen LogP contribution in [0.2, 0.25) is 0 Å². The summed E-state index contributed by atoms with van der Waals surface area (Å²) in [6, 6.07) is 6.08. The van der Waals surface area contributed by atoms with E-state index in [9.17, 15) is 4.79 Å². The van der Waals surface area contributed by atoms with Crippen molar-refractivity contribution in [1.29, 1.82) is 0 Å². The molecule has 1 aromatic rings. The van der Waals surface area contributed by atoms with Crippen LogP contribution in [0.1, 0.15) is 30.5 Å². The summed E-state index contributed by atoms with van der Waals surface area (Å²) >= 11 is 0. The molecular weight excluding hydrogens is 218 g/mol. The largest absolute Gasteiger partial charge is 0.496 e. The minimum atomic E-state index is -0.791. The Labute approximate surface area is 102 Å². The molecule has 0 aromatic heterocycles. The number of ether oxygens (including phenoxy) is 1. The molecule has 0 aliphatic carbocycles. The molecule has 94 valence electrons. The minimum absolute atomic E-state index is 0.0740. The summed E-state index contributed by atoms with van der Waals surface area (Å²) in [5, 5.41) is 11.7. The van der Waals surface area contributed by atoms with Crippen molar-refractivity contribution in [3.8, 4) is 5.75 Å². The van der Waals surface area contributed by atoms with Crippen molar-refractivity contribution in [2.75, 3.05) is 13.7 Å². The number of carbonyl (C=O) groups is 1. The van der Waals surface area contributed by atoms with Crippen molar-refractivity contribution in [3.63, 3.8) is 0 Å². The van der Waals surface area contributed by atoms with Crippen molar-refractivity contribution in [2.24, 2.45) is 0 Å². The molecule has 1 rings (SSSR count). The SMILES string of the molecule is COc1cc(C)ccc1C(C)NCCC(=O)O. The van der Waals surface area contributed by atoms with Gasteiger partial charge in [-0.05, 0) is 25.5 Å². The smallest absolute Gasteiger partial charge is 0.304 e. The van der Waals surface area contributed by atoms with E-state index >= 15 is 0 Å². The Kier molecular flexibility index (Phi) is 4.97. The van der Waals surface area contributed by atoms with Gasteiger partial charge in [0.25, 0.3) is 0 Å². The molecule has 1 aromatic carbocycles. The molecule has 2 N–H and O–H groups in total. The molecular formula is C13H19NO3. The van der Waals surface area contributed by atoms with E-state index in [1.165, 1.54) is 0 Å². The van der Waals surface area contributed by atoms with Gasteiger partial charge < -0.3 is 15.2 Å². The normalized spacial score (nSPS) is 12.2. The maximum absolute atomic E-state index is 10.4. The molecule has 0 aliphatic heterocycles. The van der Waals surface area contributed by atoms with Gasteiger partial charge in [0.15, 0.2) is 0 Å². The van der Waals surface area contributed by atoms with Crippen LogP contribution in [0.3, 0.4) is 0 Å². The molecule has 0 spiro atoms. The molecule has 4 nitrogen and oxygen atoms in total. The molecule has 0 saturated heterocycles. The second-order valence-corrected chi connectivity index (χ2v) is 4.06. The van der Waals surface area contributed by atoms with Crippen LogP contribution in [0.5, 0.6) is 5.75 Å². The quantitative estimate of drug-likeness (QED) is 0.795. The molecule has 1 atom stereocenters. The van der Waals surface area contributed by atoms with Gasteiger partial charge >= 0.3 is 5.97 Å². The van der Waals surface area contributed by atoms with E-state index in [-0.39, 0.29) is 12.5 Å². The standard InChI is InChI=1S/C13H19NO3/c1-9-4-5-11(12(8-9)17-3)10(2)14-7-6-13(15)16/h4-5,8,10,14H,6-7H2,1-3H3,(H,15,16). The number of aryl methyl sites for hydroxylation is 1. The van der Waals surface area contributed by atoms with E-state index in [1.807, 2.05) is 32.0 Å². The maximum atomic E-state index is 10.4. The highest BCUT2D eigenvalue weighted by Crippen LogP contribution is 2.25. The fraction of sp³-hybridized carbons (Fsp3) is 0.462. The lowest BCUT2D eigenvalue weighted by Gasteiger charge is -2.17. The van der Waals surface area contributed by atoms with Gasteiger partial charge in [-0.2, -0.15) is 0 Å². The molecule has 0 bridgehead atoms. The molecule has 0 fully saturated rings. The lowest BCUT2D eigenvalue weighted by molar-refractivity contribution is -0.136. The zero-order valence-electron chi connectivity index (χ0n) is 10.5. The lowest BCUT2D eigenvalue weighted by atomic mass is 10.0. The predicted octanol–water partition coefficient (Wildman–Crippen LogP) is 2.13. The van der Waals surface area contributed by atoms with E-state index < -0.39 is 5.97 Å². The summed E-state index contributed by atoms with van der Waals surface area (Å²) < 4.78 is 5.32. The second-order valence-electron chi connectivity index (χ2n) is 4.06. The van der Waals surface area contributed by atoms with Gasteiger partial charge in [-0.15, -0.1) is 0 Å². The van der Waals surface area contributed by atoms with Crippen molar-refractivity contribution in [2.45, 2.75) is 26.3 Å². The van der Waals surface area contributed by atoms with E-state index in [0.29, 0.717) is 6.54 Å². The highest BCUT2D eigenvalue weighted by molar-refractivity contribution is 5.66. The topological polar surface area (TPSA) is 58.6 Å². The number of rotatable bonds is 6. The fourth-order valence-electron chi connectivity index (χ4n) is 1.68. The molecule has 0 aliphatic rings. The van der Waals surface area contributed by atoms with E-state index in [0.717, 1.165) is 16.9 Å². The summed E-state index contributed by atoms with van der Waals surface area (Å²) in [5.41, 5.74) is 2.19. The maximum Gasteiger partial charge on any atom is 0.304 e. The monoisotopic (exact) mass is 237 g/mol. The highest BCUT2D eigenvalue weighted by atomic mass is 16.5. The van der Waals surface area contributed by atoms with Gasteiger partial charge in [-0.25, -0.2) is 0 Å². The third-order valence-corrected chi connectivity index (χ3v) is 2.64. The first-order valence-corrected chi connectivity index (χ1v) is 5.64. The van der Waals surface area contributed by atoms with Crippen molar-refractivity contribution >= 4 is 5.97 Å². The van der Waals surface area contributed by atoms with E-state index in [4.69, 9.17) is 9.84 Å². The Bertz CT molecular complexity index is 390.